The first-order chi connectivity index (χ1) is 5.43. The van der Waals surface area contributed by atoms with E-state index >= 15 is 0 Å². The largest absolute Gasteiger partial charge is 0.415 e. The average molecular weight is 183 g/mol. The maximum Gasteiger partial charge on any atom is 0.415 e. The Bertz CT molecular complexity index is 159. The topological polar surface area (TPSA) is 23.5 Å². The standard InChI is InChI=1S/C7H12F3NO/c1-11-4-2-3-5(11)6(12)7(8,9)10/h5-6,12H,2-4H2,1H3/t5-,6+/m0/s1. The highest BCUT2D eigenvalue weighted by molar-refractivity contribution is 4.86. The number of hydrogen-bond donors (Lipinski definition) is 1. The van der Waals surface area contributed by atoms with Crippen LogP contribution in [-0.2, 0) is 0 Å². The van der Waals surface area contributed by atoms with E-state index in [1.165, 1.54) is 0 Å². The third-order valence-electron chi connectivity index (χ3n) is 2.28. The number of likely N-dealkylation sites (N-methyl/N-ethyl adjacent to an activating group) is 1. The zero-order valence-electron chi connectivity index (χ0n) is 6.80. The SMILES string of the molecule is CN1CCC[C@H]1[C@@H](O)C(F)(F)F. The second-order valence-electron chi connectivity index (χ2n) is 3.18. The Balaban J connectivity index is 2.57. The summed E-state index contributed by atoms with van der Waals surface area (Å²) in [5, 5.41) is 8.89. The minimum atomic E-state index is -4.48. The third kappa shape index (κ3) is 1.90. The molecule has 2 nitrogen and oxygen atoms in total. The van der Waals surface area contributed by atoms with Gasteiger partial charge in [-0.15, -0.1) is 0 Å². The molecular weight excluding hydrogens is 171 g/mol. The van der Waals surface area contributed by atoms with Gasteiger partial charge in [0.05, 0.1) is 0 Å². The molecule has 1 aliphatic rings. The lowest BCUT2D eigenvalue weighted by molar-refractivity contribution is -0.218. The van der Waals surface area contributed by atoms with Gasteiger partial charge in [0.25, 0.3) is 0 Å². The summed E-state index contributed by atoms with van der Waals surface area (Å²) in [7, 11) is 1.60. The molecule has 1 heterocycles. The highest BCUT2D eigenvalue weighted by atomic mass is 19.4. The lowest BCUT2D eigenvalue weighted by atomic mass is 10.1. The summed E-state index contributed by atoms with van der Waals surface area (Å²) in [5.41, 5.74) is 0. The second kappa shape index (κ2) is 3.22. The summed E-state index contributed by atoms with van der Waals surface area (Å²) in [6, 6.07) is -0.745. The van der Waals surface area contributed by atoms with Crippen molar-refractivity contribution in [2.24, 2.45) is 0 Å². The van der Waals surface area contributed by atoms with Crippen LogP contribution >= 0.6 is 0 Å². The van der Waals surface area contributed by atoms with E-state index in [1.807, 2.05) is 0 Å². The van der Waals surface area contributed by atoms with Gasteiger partial charge in [0.15, 0.2) is 6.10 Å². The maximum absolute atomic E-state index is 12.0. The molecule has 1 saturated heterocycles. The fourth-order valence-corrected chi connectivity index (χ4v) is 1.55. The van der Waals surface area contributed by atoms with Gasteiger partial charge in [-0.1, -0.05) is 0 Å². The van der Waals surface area contributed by atoms with Crippen LogP contribution in [0.4, 0.5) is 13.2 Å². The minimum absolute atomic E-state index is 0.428. The number of halogens is 3. The number of rotatable bonds is 1. The van der Waals surface area contributed by atoms with Crippen molar-refractivity contribution in [1.82, 2.24) is 4.90 Å². The summed E-state index contributed by atoms with van der Waals surface area (Å²) in [4.78, 5) is 1.55. The molecule has 0 aromatic carbocycles. The highest BCUT2D eigenvalue weighted by Gasteiger charge is 2.45. The van der Waals surface area contributed by atoms with Crippen molar-refractivity contribution >= 4 is 0 Å². The molecule has 72 valence electrons. The van der Waals surface area contributed by atoms with Crippen LogP contribution in [0.3, 0.4) is 0 Å². The fourth-order valence-electron chi connectivity index (χ4n) is 1.55. The molecule has 1 rings (SSSR count). The van der Waals surface area contributed by atoms with Crippen LogP contribution in [0, 0.1) is 0 Å². The van der Waals surface area contributed by atoms with Gasteiger partial charge >= 0.3 is 6.18 Å². The summed E-state index contributed by atoms with van der Waals surface area (Å²) in [5.74, 6) is 0. The Morgan fingerprint density at radius 3 is 2.42 bits per heavy atom. The van der Waals surface area contributed by atoms with Crippen molar-refractivity contribution < 1.29 is 18.3 Å². The quantitative estimate of drug-likeness (QED) is 0.655. The van der Waals surface area contributed by atoms with Crippen LogP contribution in [0.1, 0.15) is 12.8 Å². The van der Waals surface area contributed by atoms with Crippen LogP contribution in [-0.4, -0.2) is 41.9 Å². The Labute approximate surface area is 69.0 Å². The van der Waals surface area contributed by atoms with Crippen molar-refractivity contribution in [3.8, 4) is 0 Å². The summed E-state index contributed by atoms with van der Waals surface area (Å²) in [6.45, 7) is 0.637. The van der Waals surface area contributed by atoms with Gasteiger partial charge in [-0.3, -0.25) is 0 Å². The zero-order chi connectivity index (χ0) is 9.35. The molecule has 0 amide bonds. The Morgan fingerprint density at radius 2 is 2.08 bits per heavy atom. The Morgan fingerprint density at radius 1 is 1.50 bits per heavy atom. The molecule has 0 saturated carbocycles. The summed E-state index contributed by atoms with van der Waals surface area (Å²) in [6.07, 6.45) is -5.51. The van der Waals surface area contributed by atoms with E-state index in [2.05, 4.69) is 0 Å². The number of aliphatic hydroxyl groups is 1. The van der Waals surface area contributed by atoms with E-state index in [1.54, 1.807) is 11.9 Å². The first-order valence-electron chi connectivity index (χ1n) is 3.88. The maximum atomic E-state index is 12.0. The molecule has 0 aromatic rings. The van der Waals surface area contributed by atoms with Crippen LogP contribution < -0.4 is 0 Å². The monoisotopic (exact) mass is 183 g/mol. The van der Waals surface area contributed by atoms with Crippen molar-refractivity contribution in [1.29, 1.82) is 0 Å². The molecule has 2 atom stereocenters. The zero-order valence-corrected chi connectivity index (χ0v) is 6.80. The van der Waals surface area contributed by atoms with Crippen molar-refractivity contribution in [2.75, 3.05) is 13.6 Å². The van der Waals surface area contributed by atoms with E-state index < -0.39 is 18.3 Å². The average Bonchev–Trinajstić information content (AvgIpc) is 2.31. The van der Waals surface area contributed by atoms with E-state index in [0.717, 1.165) is 6.42 Å². The predicted octanol–water partition coefficient (Wildman–Crippen LogP) is 1.00. The van der Waals surface area contributed by atoms with Crippen LogP contribution in [0.25, 0.3) is 0 Å². The van der Waals surface area contributed by atoms with Crippen LogP contribution in [0.5, 0.6) is 0 Å². The van der Waals surface area contributed by atoms with Gasteiger partial charge in [-0.25, -0.2) is 0 Å². The molecule has 0 spiro atoms. The fraction of sp³-hybridized carbons (Fsp3) is 1.00. The lowest BCUT2D eigenvalue weighted by Gasteiger charge is -2.26. The van der Waals surface area contributed by atoms with Crippen molar-refractivity contribution in [2.45, 2.75) is 31.2 Å². The number of aliphatic hydroxyl groups excluding tert-OH is 1. The molecule has 12 heavy (non-hydrogen) atoms. The van der Waals surface area contributed by atoms with Crippen molar-refractivity contribution in [3.05, 3.63) is 0 Å². The molecule has 0 aromatic heterocycles. The summed E-state index contributed by atoms with van der Waals surface area (Å²) >= 11 is 0. The molecule has 0 aliphatic carbocycles. The highest BCUT2D eigenvalue weighted by Crippen LogP contribution is 2.29. The molecule has 5 heteroatoms. The Kier molecular flexibility index (Phi) is 2.63. The lowest BCUT2D eigenvalue weighted by Crippen LogP contribution is -2.45. The molecule has 0 radical (unpaired) electrons. The first kappa shape index (κ1) is 9.80. The smallest absolute Gasteiger partial charge is 0.382 e. The normalized spacial score (nSPS) is 29.2. The van der Waals surface area contributed by atoms with Gasteiger partial charge in [0, 0.05) is 6.04 Å². The molecule has 1 N–H and O–H groups in total. The predicted molar refractivity (Wildman–Crippen MR) is 37.7 cm³/mol. The van der Waals surface area contributed by atoms with Gasteiger partial charge in [-0.2, -0.15) is 13.2 Å². The number of nitrogens with zero attached hydrogens (tertiary/aromatic N) is 1. The third-order valence-corrected chi connectivity index (χ3v) is 2.28. The molecule has 0 unspecified atom stereocenters. The van der Waals surface area contributed by atoms with Crippen LogP contribution in [0.2, 0.25) is 0 Å². The van der Waals surface area contributed by atoms with Gasteiger partial charge in [-0.05, 0) is 26.4 Å². The number of likely N-dealkylation sites (tertiary alicyclic amines) is 1. The first-order valence-corrected chi connectivity index (χ1v) is 3.88. The molecule has 1 fully saturated rings. The second-order valence-corrected chi connectivity index (χ2v) is 3.18. The Hall–Kier alpha value is -0.290. The van der Waals surface area contributed by atoms with E-state index in [-0.39, 0.29) is 0 Å². The van der Waals surface area contributed by atoms with E-state index in [4.69, 9.17) is 5.11 Å². The van der Waals surface area contributed by atoms with E-state index in [9.17, 15) is 13.2 Å². The van der Waals surface area contributed by atoms with Crippen LogP contribution in [0.15, 0.2) is 0 Å². The van der Waals surface area contributed by atoms with Crippen molar-refractivity contribution in [3.63, 3.8) is 0 Å². The molecule has 1 aliphatic heterocycles. The van der Waals surface area contributed by atoms with Gasteiger partial charge < -0.3 is 10.0 Å². The summed E-state index contributed by atoms with van der Waals surface area (Å²) < 4.78 is 36.0. The van der Waals surface area contributed by atoms with E-state index in [0.29, 0.717) is 13.0 Å². The molecular formula is C7H12F3NO. The van der Waals surface area contributed by atoms with Gasteiger partial charge in [0.2, 0.25) is 0 Å². The molecule has 0 bridgehead atoms. The van der Waals surface area contributed by atoms with Gasteiger partial charge in [0.1, 0.15) is 0 Å². The number of alkyl halides is 3. The number of hydrogen-bond acceptors (Lipinski definition) is 2. The minimum Gasteiger partial charge on any atom is -0.382 e.